The van der Waals surface area contributed by atoms with Crippen LogP contribution in [0.2, 0.25) is 0 Å². The molecule has 4 heteroatoms. The quantitative estimate of drug-likeness (QED) is 0.853. The zero-order valence-electron chi connectivity index (χ0n) is 13.6. The average molecular weight is 307 g/mol. The molecule has 1 aromatic heterocycles. The molecule has 1 aliphatic heterocycles. The van der Waals surface area contributed by atoms with Crippen molar-refractivity contribution < 1.29 is 4.42 Å². The highest BCUT2D eigenvalue weighted by Crippen LogP contribution is 2.29. The standard InChI is InChI=1S/C19H21N3O/c1-14-10-15(2)13-22(12-14)19-17(11-20)21-18(23-19)9-8-16-6-4-3-5-7-16/h3-9,14-15H,10,12-13H2,1-2H3/b9-8+/t14-,15-/m0/s1. The van der Waals surface area contributed by atoms with Crippen LogP contribution in [-0.2, 0) is 0 Å². The molecule has 4 nitrogen and oxygen atoms in total. The van der Waals surface area contributed by atoms with Gasteiger partial charge in [-0.2, -0.15) is 10.2 Å². The van der Waals surface area contributed by atoms with Crippen LogP contribution in [-0.4, -0.2) is 18.1 Å². The first-order valence-electron chi connectivity index (χ1n) is 8.04. The molecule has 0 spiro atoms. The predicted molar refractivity (Wildman–Crippen MR) is 91.7 cm³/mol. The molecule has 0 saturated carbocycles. The molecule has 0 N–H and O–H groups in total. The van der Waals surface area contributed by atoms with Gasteiger partial charge in [0.1, 0.15) is 6.07 Å². The van der Waals surface area contributed by atoms with Crippen molar-refractivity contribution in [1.82, 2.24) is 4.98 Å². The number of aromatic nitrogens is 1. The third-order valence-electron chi connectivity index (χ3n) is 4.11. The van der Waals surface area contributed by atoms with Crippen LogP contribution in [0.25, 0.3) is 12.2 Å². The van der Waals surface area contributed by atoms with Gasteiger partial charge in [-0.05, 0) is 29.9 Å². The van der Waals surface area contributed by atoms with Gasteiger partial charge in [-0.1, -0.05) is 44.2 Å². The fraction of sp³-hybridized carbons (Fsp3) is 0.368. The summed E-state index contributed by atoms with van der Waals surface area (Å²) in [5.41, 5.74) is 1.45. The van der Waals surface area contributed by atoms with E-state index >= 15 is 0 Å². The molecule has 3 rings (SSSR count). The fourth-order valence-electron chi connectivity index (χ4n) is 3.25. The normalized spacial score (nSPS) is 21.5. The lowest BCUT2D eigenvalue weighted by atomic mass is 9.92. The average Bonchev–Trinajstić information content (AvgIpc) is 2.96. The summed E-state index contributed by atoms with van der Waals surface area (Å²) in [6, 6.07) is 12.1. The predicted octanol–water partition coefficient (Wildman–Crippen LogP) is 4.20. The lowest BCUT2D eigenvalue weighted by molar-refractivity contribution is 0.342. The third kappa shape index (κ3) is 3.62. The molecular formula is C19H21N3O. The molecule has 0 bridgehead atoms. The van der Waals surface area contributed by atoms with Gasteiger partial charge in [0.25, 0.3) is 0 Å². The number of piperidine rings is 1. The Morgan fingerprint density at radius 2 is 1.87 bits per heavy atom. The number of benzene rings is 1. The Bertz CT molecular complexity index is 717. The lowest BCUT2D eigenvalue weighted by Crippen LogP contribution is -2.38. The van der Waals surface area contributed by atoms with Gasteiger partial charge >= 0.3 is 0 Å². The zero-order valence-corrected chi connectivity index (χ0v) is 13.6. The maximum absolute atomic E-state index is 9.36. The second-order valence-corrected chi connectivity index (χ2v) is 6.41. The minimum absolute atomic E-state index is 0.374. The highest BCUT2D eigenvalue weighted by atomic mass is 16.4. The molecule has 2 aromatic rings. The van der Waals surface area contributed by atoms with E-state index in [1.165, 1.54) is 6.42 Å². The summed E-state index contributed by atoms with van der Waals surface area (Å²) in [4.78, 5) is 6.47. The Hall–Kier alpha value is -2.54. The molecule has 1 fully saturated rings. The minimum Gasteiger partial charge on any atom is -0.420 e. The molecule has 1 saturated heterocycles. The lowest BCUT2D eigenvalue weighted by Gasteiger charge is -2.34. The van der Waals surface area contributed by atoms with Gasteiger partial charge in [-0.3, -0.25) is 0 Å². The first kappa shape index (κ1) is 15.4. The maximum Gasteiger partial charge on any atom is 0.235 e. The summed E-state index contributed by atoms with van der Waals surface area (Å²) in [6.45, 7) is 6.30. The van der Waals surface area contributed by atoms with Crippen molar-refractivity contribution in [2.45, 2.75) is 20.3 Å². The van der Waals surface area contributed by atoms with Crippen LogP contribution >= 0.6 is 0 Å². The van der Waals surface area contributed by atoms with E-state index in [-0.39, 0.29) is 0 Å². The van der Waals surface area contributed by atoms with Crippen LogP contribution in [0.4, 0.5) is 5.88 Å². The highest BCUT2D eigenvalue weighted by molar-refractivity contribution is 5.67. The molecule has 0 amide bonds. The first-order valence-corrected chi connectivity index (χ1v) is 8.04. The zero-order chi connectivity index (χ0) is 16.2. The number of rotatable bonds is 3. The van der Waals surface area contributed by atoms with Crippen LogP contribution in [0.1, 0.15) is 37.4 Å². The van der Waals surface area contributed by atoms with E-state index in [2.05, 4.69) is 29.8 Å². The SMILES string of the molecule is C[C@H]1C[C@H](C)CN(c2oc(/C=C/c3ccccc3)nc2C#N)C1. The Morgan fingerprint density at radius 3 is 2.52 bits per heavy atom. The number of hydrogen-bond donors (Lipinski definition) is 0. The number of nitriles is 1. The molecule has 0 radical (unpaired) electrons. The van der Waals surface area contributed by atoms with Crippen LogP contribution in [0.15, 0.2) is 34.7 Å². The van der Waals surface area contributed by atoms with Crippen molar-refractivity contribution in [3.05, 3.63) is 47.5 Å². The number of nitrogens with zero attached hydrogens (tertiary/aromatic N) is 3. The van der Waals surface area contributed by atoms with Crippen molar-refractivity contribution in [2.75, 3.05) is 18.0 Å². The maximum atomic E-state index is 9.36. The summed E-state index contributed by atoms with van der Waals surface area (Å²) in [5, 5.41) is 9.36. The van der Waals surface area contributed by atoms with Gasteiger partial charge in [-0.25, -0.2) is 0 Å². The Balaban J connectivity index is 1.83. The van der Waals surface area contributed by atoms with Gasteiger partial charge in [0.2, 0.25) is 17.5 Å². The summed E-state index contributed by atoms with van der Waals surface area (Å²) in [7, 11) is 0. The molecular weight excluding hydrogens is 286 g/mol. The fourth-order valence-corrected chi connectivity index (χ4v) is 3.25. The second-order valence-electron chi connectivity index (χ2n) is 6.41. The van der Waals surface area contributed by atoms with Gasteiger partial charge in [0.15, 0.2) is 0 Å². The topological polar surface area (TPSA) is 53.1 Å². The van der Waals surface area contributed by atoms with Crippen LogP contribution in [0, 0.1) is 23.2 Å². The molecule has 0 aliphatic carbocycles. The van der Waals surface area contributed by atoms with E-state index in [0.717, 1.165) is 18.7 Å². The molecule has 2 heterocycles. The van der Waals surface area contributed by atoms with E-state index in [1.54, 1.807) is 0 Å². The van der Waals surface area contributed by atoms with Crippen LogP contribution < -0.4 is 4.90 Å². The Morgan fingerprint density at radius 1 is 1.17 bits per heavy atom. The van der Waals surface area contributed by atoms with Crippen molar-refractivity contribution >= 4 is 18.0 Å². The molecule has 118 valence electrons. The van der Waals surface area contributed by atoms with E-state index < -0.39 is 0 Å². The highest BCUT2D eigenvalue weighted by Gasteiger charge is 2.27. The van der Waals surface area contributed by atoms with Gasteiger partial charge in [-0.15, -0.1) is 0 Å². The summed E-state index contributed by atoms with van der Waals surface area (Å²) in [5.74, 6) is 2.28. The van der Waals surface area contributed by atoms with Crippen molar-refractivity contribution in [2.24, 2.45) is 11.8 Å². The Labute approximate surface area is 137 Å². The molecule has 23 heavy (non-hydrogen) atoms. The number of oxazole rings is 1. The number of anilines is 1. The Kier molecular flexibility index (Phi) is 4.47. The first-order chi connectivity index (χ1) is 11.2. The van der Waals surface area contributed by atoms with Crippen molar-refractivity contribution in [3.63, 3.8) is 0 Å². The molecule has 1 aliphatic rings. The third-order valence-corrected chi connectivity index (χ3v) is 4.11. The van der Waals surface area contributed by atoms with Crippen LogP contribution in [0.5, 0.6) is 0 Å². The van der Waals surface area contributed by atoms with E-state index in [4.69, 9.17) is 4.42 Å². The molecule has 2 atom stereocenters. The summed E-state index contributed by atoms with van der Waals surface area (Å²) >= 11 is 0. The van der Waals surface area contributed by atoms with E-state index in [9.17, 15) is 5.26 Å². The summed E-state index contributed by atoms with van der Waals surface area (Å²) < 4.78 is 5.87. The largest absolute Gasteiger partial charge is 0.420 e. The monoisotopic (exact) mass is 307 g/mol. The van der Waals surface area contributed by atoms with Gasteiger partial charge < -0.3 is 9.32 Å². The van der Waals surface area contributed by atoms with Crippen LogP contribution in [0.3, 0.4) is 0 Å². The molecule has 0 unspecified atom stereocenters. The van der Waals surface area contributed by atoms with Gasteiger partial charge in [0.05, 0.1) is 0 Å². The smallest absolute Gasteiger partial charge is 0.235 e. The number of hydrogen-bond acceptors (Lipinski definition) is 4. The molecule has 1 aromatic carbocycles. The van der Waals surface area contributed by atoms with Crippen molar-refractivity contribution in [3.8, 4) is 6.07 Å². The second kappa shape index (κ2) is 6.70. The van der Waals surface area contributed by atoms with E-state index in [1.807, 2.05) is 42.5 Å². The van der Waals surface area contributed by atoms with E-state index in [0.29, 0.717) is 29.3 Å². The summed E-state index contributed by atoms with van der Waals surface area (Å²) in [6.07, 6.45) is 4.97. The van der Waals surface area contributed by atoms with Crippen molar-refractivity contribution in [1.29, 1.82) is 5.26 Å². The minimum atomic E-state index is 0.374. The van der Waals surface area contributed by atoms with Gasteiger partial charge in [0, 0.05) is 19.2 Å².